The summed E-state index contributed by atoms with van der Waals surface area (Å²) in [6, 6.07) is 6.20. The summed E-state index contributed by atoms with van der Waals surface area (Å²) in [4.78, 5) is 13.1. The first-order valence-corrected chi connectivity index (χ1v) is 7.14. The Morgan fingerprint density at radius 1 is 1.55 bits per heavy atom. The van der Waals surface area contributed by atoms with Crippen LogP contribution in [0.25, 0.3) is 0 Å². The molecule has 0 saturated carbocycles. The lowest BCUT2D eigenvalue weighted by Gasteiger charge is -2.29. The van der Waals surface area contributed by atoms with Crippen molar-refractivity contribution < 1.29 is 4.92 Å². The number of likely N-dealkylation sites (tertiary alicyclic amines) is 1. The Bertz CT molecular complexity index is 504. The highest BCUT2D eigenvalue weighted by atomic mass is 16.6. The van der Waals surface area contributed by atoms with E-state index in [1.807, 2.05) is 12.1 Å². The zero-order valence-corrected chi connectivity index (χ0v) is 12.4. The normalized spacial score (nSPS) is 24.8. The van der Waals surface area contributed by atoms with Gasteiger partial charge in [0, 0.05) is 30.3 Å². The van der Waals surface area contributed by atoms with Gasteiger partial charge in [-0.25, -0.2) is 0 Å². The van der Waals surface area contributed by atoms with Crippen LogP contribution in [0, 0.1) is 23.0 Å². The molecule has 1 fully saturated rings. The lowest BCUT2D eigenvalue weighted by molar-refractivity contribution is -0.385. The van der Waals surface area contributed by atoms with Crippen LogP contribution in [-0.4, -0.2) is 29.0 Å². The quantitative estimate of drug-likeness (QED) is 0.678. The summed E-state index contributed by atoms with van der Waals surface area (Å²) in [5, 5.41) is 11.1. The van der Waals surface area contributed by atoms with E-state index in [0.29, 0.717) is 24.1 Å². The number of benzene rings is 1. The number of aryl methyl sites for hydroxylation is 1. The summed E-state index contributed by atoms with van der Waals surface area (Å²) in [5.74, 6) is 0.535. The molecule has 1 aliphatic rings. The Morgan fingerprint density at radius 2 is 2.25 bits per heavy atom. The Hall–Kier alpha value is -1.46. The lowest BCUT2D eigenvalue weighted by atomic mass is 10.0. The maximum Gasteiger partial charge on any atom is 0.272 e. The molecule has 0 radical (unpaired) electrons. The largest absolute Gasteiger partial charge is 0.330 e. The van der Waals surface area contributed by atoms with E-state index in [9.17, 15) is 10.1 Å². The molecule has 110 valence electrons. The van der Waals surface area contributed by atoms with Crippen molar-refractivity contribution in [2.75, 3.05) is 13.1 Å². The van der Waals surface area contributed by atoms with E-state index in [1.54, 1.807) is 13.0 Å². The molecule has 1 saturated heterocycles. The summed E-state index contributed by atoms with van der Waals surface area (Å²) < 4.78 is 0. The predicted molar refractivity (Wildman–Crippen MR) is 79.6 cm³/mol. The maximum absolute atomic E-state index is 11.1. The zero-order valence-electron chi connectivity index (χ0n) is 12.4. The average molecular weight is 277 g/mol. The minimum Gasteiger partial charge on any atom is -0.330 e. The van der Waals surface area contributed by atoms with E-state index in [4.69, 9.17) is 5.73 Å². The molecule has 5 heteroatoms. The van der Waals surface area contributed by atoms with Gasteiger partial charge in [-0.05, 0) is 45.2 Å². The van der Waals surface area contributed by atoms with Gasteiger partial charge in [-0.2, -0.15) is 0 Å². The van der Waals surface area contributed by atoms with Crippen molar-refractivity contribution in [2.45, 2.75) is 39.3 Å². The Kier molecular flexibility index (Phi) is 4.40. The predicted octanol–water partition coefficient (Wildman–Crippen LogP) is 2.63. The molecule has 1 aromatic rings. The third kappa shape index (κ3) is 2.83. The highest BCUT2D eigenvalue weighted by Crippen LogP contribution is 2.33. The topological polar surface area (TPSA) is 72.4 Å². The van der Waals surface area contributed by atoms with Crippen molar-refractivity contribution >= 4 is 5.69 Å². The van der Waals surface area contributed by atoms with E-state index in [1.165, 1.54) is 0 Å². The molecule has 0 amide bonds. The summed E-state index contributed by atoms with van der Waals surface area (Å²) in [6.07, 6.45) is 1.11. The maximum atomic E-state index is 11.1. The van der Waals surface area contributed by atoms with Gasteiger partial charge in [0.2, 0.25) is 0 Å². The molecule has 3 atom stereocenters. The second kappa shape index (κ2) is 5.89. The molecule has 0 spiro atoms. The molecule has 2 rings (SSSR count). The fourth-order valence-corrected chi connectivity index (χ4v) is 3.16. The van der Waals surface area contributed by atoms with Gasteiger partial charge in [0.1, 0.15) is 0 Å². The molecule has 1 aromatic carbocycles. The highest BCUT2D eigenvalue weighted by molar-refractivity contribution is 5.43. The van der Waals surface area contributed by atoms with Gasteiger partial charge in [0.15, 0.2) is 0 Å². The number of nitrogens with two attached hydrogens (primary N) is 1. The standard InChI is InChI=1S/C15H23N3O2/c1-10-4-5-14(7-15(10)18(19)20)12(3)17-9-13(8-16)6-11(17)2/h4-5,7,11-13H,6,8-9,16H2,1-3H3. The number of nitro benzene ring substituents is 1. The second-order valence-corrected chi connectivity index (χ2v) is 5.86. The molecular formula is C15H23N3O2. The summed E-state index contributed by atoms with van der Waals surface area (Å²) in [6.45, 7) is 7.77. The summed E-state index contributed by atoms with van der Waals surface area (Å²) >= 11 is 0. The van der Waals surface area contributed by atoms with Crippen LogP contribution < -0.4 is 5.73 Å². The van der Waals surface area contributed by atoms with Gasteiger partial charge >= 0.3 is 0 Å². The Balaban J connectivity index is 2.23. The van der Waals surface area contributed by atoms with E-state index in [-0.39, 0.29) is 16.7 Å². The van der Waals surface area contributed by atoms with Gasteiger partial charge in [0.25, 0.3) is 5.69 Å². The summed E-state index contributed by atoms with van der Waals surface area (Å²) in [5.41, 5.74) is 7.68. The molecule has 5 nitrogen and oxygen atoms in total. The first kappa shape index (κ1) is 14.9. The van der Waals surface area contributed by atoms with Crippen molar-refractivity contribution in [3.63, 3.8) is 0 Å². The fourth-order valence-electron chi connectivity index (χ4n) is 3.16. The molecule has 0 aliphatic carbocycles. The molecule has 0 bridgehead atoms. The van der Waals surface area contributed by atoms with Gasteiger partial charge in [-0.3, -0.25) is 15.0 Å². The first-order chi connectivity index (χ1) is 9.43. The van der Waals surface area contributed by atoms with Gasteiger partial charge in [0.05, 0.1) is 4.92 Å². The number of rotatable bonds is 4. The lowest BCUT2D eigenvalue weighted by Crippen LogP contribution is -2.30. The van der Waals surface area contributed by atoms with Crippen molar-refractivity contribution in [1.29, 1.82) is 0 Å². The van der Waals surface area contributed by atoms with Crippen LogP contribution in [-0.2, 0) is 0 Å². The number of nitro groups is 1. The van der Waals surface area contributed by atoms with Crippen molar-refractivity contribution in [1.82, 2.24) is 4.90 Å². The number of hydrogen-bond acceptors (Lipinski definition) is 4. The fraction of sp³-hybridized carbons (Fsp3) is 0.600. The van der Waals surface area contributed by atoms with E-state index in [2.05, 4.69) is 18.7 Å². The van der Waals surface area contributed by atoms with Gasteiger partial charge in [-0.1, -0.05) is 12.1 Å². The van der Waals surface area contributed by atoms with Crippen molar-refractivity contribution in [3.05, 3.63) is 39.4 Å². The van der Waals surface area contributed by atoms with Crippen LogP contribution in [0.5, 0.6) is 0 Å². The molecule has 0 aromatic heterocycles. The van der Waals surface area contributed by atoms with Crippen LogP contribution in [0.15, 0.2) is 18.2 Å². The molecule has 1 aliphatic heterocycles. The molecule has 20 heavy (non-hydrogen) atoms. The highest BCUT2D eigenvalue weighted by Gasteiger charge is 2.32. The van der Waals surface area contributed by atoms with Gasteiger partial charge in [-0.15, -0.1) is 0 Å². The van der Waals surface area contributed by atoms with Crippen molar-refractivity contribution in [3.8, 4) is 0 Å². The van der Waals surface area contributed by atoms with E-state index < -0.39 is 0 Å². The SMILES string of the molecule is Cc1ccc(C(C)N2CC(CN)CC2C)cc1[N+](=O)[O-]. The summed E-state index contributed by atoms with van der Waals surface area (Å²) in [7, 11) is 0. The van der Waals surface area contributed by atoms with Crippen LogP contribution in [0.3, 0.4) is 0 Å². The van der Waals surface area contributed by atoms with E-state index >= 15 is 0 Å². The minimum absolute atomic E-state index is 0.181. The third-order valence-corrected chi connectivity index (χ3v) is 4.45. The molecule has 3 unspecified atom stereocenters. The second-order valence-electron chi connectivity index (χ2n) is 5.86. The Morgan fingerprint density at radius 3 is 2.80 bits per heavy atom. The Labute approximate surface area is 119 Å². The zero-order chi connectivity index (χ0) is 14.9. The van der Waals surface area contributed by atoms with E-state index in [0.717, 1.165) is 18.5 Å². The minimum atomic E-state index is -0.304. The first-order valence-electron chi connectivity index (χ1n) is 7.14. The average Bonchev–Trinajstić information content (AvgIpc) is 2.79. The smallest absolute Gasteiger partial charge is 0.272 e. The monoisotopic (exact) mass is 277 g/mol. The van der Waals surface area contributed by atoms with Gasteiger partial charge < -0.3 is 5.73 Å². The van der Waals surface area contributed by atoms with Crippen molar-refractivity contribution in [2.24, 2.45) is 11.7 Å². The van der Waals surface area contributed by atoms with Crippen LogP contribution in [0.1, 0.15) is 37.4 Å². The van der Waals surface area contributed by atoms with Crippen LogP contribution >= 0.6 is 0 Å². The molecule has 1 heterocycles. The van der Waals surface area contributed by atoms with Crippen LogP contribution in [0.4, 0.5) is 5.69 Å². The van der Waals surface area contributed by atoms with Crippen LogP contribution in [0.2, 0.25) is 0 Å². The molecule has 2 N–H and O–H groups in total. The third-order valence-electron chi connectivity index (χ3n) is 4.45. The molecular weight excluding hydrogens is 254 g/mol. The number of hydrogen-bond donors (Lipinski definition) is 1. The number of nitrogens with zero attached hydrogens (tertiary/aromatic N) is 2.